The molecule has 0 aliphatic carbocycles. The second-order valence-electron chi connectivity index (χ2n) is 4.51. The molecule has 3 nitrogen and oxygen atoms in total. The van der Waals surface area contributed by atoms with Crippen LogP contribution in [0.2, 0.25) is 0 Å². The molecule has 19 heavy (non-hydrogen) atoms. The van der Waals surface area contributed by atoms with Crippen LogP contribution in [0, 0.1) is 5.82 Å². The van der Waals surface area contributed by atoms with Crippen LogP contribution in [-0.2, 0) is 13.0 Å². The normalized spacial score (nSPS) is 10.5. The zero-order valence-electron chi connectivity index (χ0n) is 11.0. The summed E-state index contributed by atoms with van der Waals surface area (Å²) in [7, 11) is 1.96. The van der Waals surface area contributed by atoms with Crippen LogP contribution >= 0.6 is 0 Å². The fourth-order valence-corrected chi connectivity index (χ4v) is 1.91. The van der Waals surface area contributed by atoms with Gasteiger partial charge in [-0.05, 0) is 36.2 Å². The number of hydrogen-bond acceptors (Lipinski definition) is 3. The van der Waals surface area contributed by atoms with Crippen molar-refractivity contribution in [3.05, 3.63) is 59.7 Å². The van der Waals surface area contributed by atoms with Gasteiger partial charge in [0.1, 0.15) is 5.82 Å². The fourth-order valence-electron chi connectivity index (χ4n) is 1.91. The van der Waals surface area contributed by atoms with Gasteiger partial charge >= 0.3 is 0 Å². The van der Waals surface area contributed by atoms with Crippen LogP contribution in [0.15, 0.2) is 42.7 Å². The lowest BCUT2D eigenvalue weighted by Gasteiger charge is -2.20. The van der Waals surface area contributed by atoms with Crippen LogP contribution in [-0.4, -0.2) is 18.6 Å². The standard InChI is InChI=1S/C15H18FN3/c1-19(9-6-12-4-7-18-8-5-12)14-3-2-13(11-17)15(16)10-14/h2-5,7-8,10H,6,9,11,17H2,1H3. The van der Waals surface area contributed by atoms with Crippen molar-refractivity contribution in [2.24, 2.45) is 5.73 Å². The van der Waals surface area contributed by atoms with Crippen molar-refractivity contribution in [1.29, 1.82) is 0 Å². The van der Waals surface area contributed by atoms with Crippen LogP contribution in [0.1, 0.15) is 11.1 Å². The quantitative estimate of drug-likeness (QED) is 0.896. The highest BCUT2D eigenvalue weighted by Crippen LogP contribution is 2.17. The number of hydrogen-bond donors (Lipinski definition) is 1. The Kier molecular flexibility index (Phi) is 4.47. The second kappa shape index (κ2) is 6.29. The first kappa shape index (κ1) is 13.5. The van der Waals surface area contributed by atoms with E-state index < -0.39 is 0 Å². The first-order valence-corrected chi connectivity index (χ1v) is 6.29. The molecule has 1 aromatic carbocycles. The van der Waals surface area contributed by atoms with Crippen molar-refractivity contribution in [1.82, 2.24) is 4.98 Å². The fraction of sp³-hybridized carbons (Fsp3) is 0.267. The minimum Gasteiger partial charge on any atom is -0.374 e. The van der Waals surface area contributed by atoms with E-state index in [0.29, 0.717) is 5.56 Å². The maximum absolute atomic E-state index is 13.7. The second-order valence-corrected chi connectivity index (χ2v) is 4.51. The number of pyridine rings is 1. The summed E-state index contributed by atoms with van der Waals surface area (Å²) in [5.74, 6) is -0.240. The van der Waals surface area contributed by atoms with Crippen molar-refractivity contribution in [2.45, 2.75) is 13.0 Å². The number of anilines is 1. The minimum atomic E-state index is -0.240. The Labute approximate surface area is 112 Å². The summed E-state index contributed by atoms with van der Waals surface area (Å²) < 4.78 is 13.7. The number of benzene rings is 1. The predicted octanol–water partition coefficient (Wildman–Crippen LogP) is 2.36. The molecular weight excluding hydrogens is 241 g/mol. The molecule has 0 aliphatic rings. The summed E-state index contributed by atoms with van der Waals surface area (Å²) in [5.41, 5.74) is 8.09. The first-order chi connectivity index (χ1) is 9.20. The molecule has 0 spiro atoms. The van der Waals surface area contributed by atoms with Gasteiger partial charge in [-0.15, -0.1) is 0 Å². The summed E-state index contributed by atoms with van der Waals surface area (Å²) in [5, 5.41) is 0. The zero-order chi connectivity index (χ0) is 13.7. The number of nitrogens with zero attached hydrogens (tertiary/aromatic N) is 2. The largest absolute Gasteiger partial charge is 0.374 e. The Hall–Kier alpha value is -1.94. The van der Waals surface area contributed by atoms with Gasteiger partial charge in [0.25, 0.3) is 0 Å². The highest BCUT2D eigenvalue weighted by atomic mass is 19.1. The van der Waals surface area contributed by atoms with E-state index in [1.165, 1.54) is 11.6 Å². The van der Waals surface area contributed by atoms with Crippen LogP contribution in [0.5, 0.6) is 0 Å². The van der Waals surface area contributed by atoms with E-state index in [0.717, 1.165) is 18.7 Å². The molecule has 0 bridgehead atoms. The Bertz CT molecular complexity index is 528. The zero-order valence-corrected chi connectivity index (χ0v) is 11.0. The molecule has 0 aliphatic heterocycles. The Balaban J connectivity index is 2.00. The summed E-state index contributed by atoms with van der Waals surface area (Å²) in [6.07, 6.45) is 4.47. The van der Waals surface area contributed by atoms with Gasteiger partial charge in [-0.25, -0.2) is 4.39 Å². The van der Waals surface area contributed by atoms with Crippen LogP contribution in [0.3, 0.4) is 0 Å². The van der Waals surface area contributed by atoms with Gasteiger partial charge in [0.15, 0.2) is 0 Å². The van der Waals surface area contributed by atoms with Gasteiger partial charge in [0.2, 0.25) is 0 Å². The lowest BCUT2D eigenvalue weighted by Crippen LogP contribution is -2.20. The molecule has 2 N–H and O–H groups in total. The number of likely N-dealkylation sites (N-methyl/N-ethyl adjacent to an activating group) is 1. The molecule has 0 radical (unpaired) electrons. The minimum absolute atomic E-state index is 0.229. The van der Waals surface area contributed by atoms with Crippen molar-refractivity contribution in [2.75, 3.05) is 18.5 Å². The van der Waals surface area contributed by atoms with Gasteiger partial charge in [-0.2, -0.15) is 0 Å². The van der Waals surface area contributed by atoms with Crippen molar-refractivity contribution >= 4 is 5.69 Å². The Morgan fingerprint density at radius 2 is 1.95 bits per heavy atom. The number of rotatable bonds is 5. The summed E-state index contributed by atoms with van der Waals surface area (Å²) >= 11 is 0. The van der Waals surface area contributed by atoms with Gasteiger partial charge < -0.3 is 10.6 Å². The third kappa shape index (κ3) is 3.51. The monoisotopic (exact) mass is 259 g/mol. The van der Waals surface area contributed by atoms with E-state index in [-0.39, 0.29) is 12.4 Å². The smallest absolute Gasteiger partial charge is 0.129 e. The van der Waals surface area contributed by atoms with Crippen LogP contribution < -0.4 is 10.6 Å². The third-order valence-corrected chi connectivity index (χ3v) is 3.18. The topological polar surface area (TPSA) is 42.2 Å². The predicted molar refractivity (Wildman–Crippen MR) is 75.5 cm³/mol. The molecule has 100 valence electrons. The lowest BCUT2D eigenvalue weighted by atomic mass is 10.1. The molecule has 0 fully saturated rings. The van der Waals surface area contributed by atoms with E-state index >= 15 is 0 Å². The summed E-state index contributed by atoms with van der Waals surface area (Å²) in [4.78, 5) is 6.02. The molecule has 0 unspecified atom stereocenters. The maximum Gasteiger partial charge on any atom is 0.129 e. The molecule has 2 rings (SSSR count). The lowest BCUT2D eigenvalue weighted by molar-refractivity contribution is 0.610. The van der Waals surface area contributed by atoms with Gasteiger partial charge in [0, 0.05) is 43.8 Å². The molecule has 1 heterocycles. The SMILES string of the molecule is CN(CCc1ccncc1)c1ccc(CN)c(F)c1. The van der Waals surface area contributed by atoms with E-state index in [1.54, 1.807) is 18.5 Å². The average Bonchev–Trinajstić information content (AvgIpc) is 2.45. The van der Waals surface area contributed by atoms with E-state index in [1.807, 2.05) is 30.1 Å². The molecule has 0 saturated heterocycles. The van der Waals surface area contributed by atoms with Crippen LogP contribution in [0.25, 0.3) is 0 Å². The average molecular weight is 259 g/mol. The van der Waals surface area contributed by atoms with E-state index in [9.17, 15) is 4.39 Å². The molecular formula is C15H18FN3. The van der Waals surface area contributed by atoms with Crippen molar-refractivity contribution in [3.8, 4) is 0 Å². The molecule has 2 aromatic rings. The Morgan fingerprint density at radius 3 is 2.58 bits per heavy atom. The molecule has 4 heteroatoms. The van der Waals surface area contributed by atoms with Gasteiger partial charge in [0.05, 0.1) is 0 Å². The molecule has 0 saturated carbocycles. The molecule has 0 atom stereocenters. The van der Waals surface area contributed by atoms with Gasteiger partial charge in [-0.1, -0.05) is 6.07 Å². The van der Waals surface area contributed by atoms with Crippen molar-refractivity contribution < 1.29 is 4.39 Å². The third-order valence-electron chi connectivity index (χ3n) is 3.18. The summed E-state index contributed by atoms with van der Waals surface area (Å²) in [6.45, 7) is 1.05. The van der Waals surface area contributed by atoms with Gasteiger partial charge in [-0.3, -0.25) is 4.98 Å². The van der Waals surface area contributed by atoms with E-state index in [2.05, 4.69) is 4.98 Å². The highest BCUT2D eigenvalue weighted by molar-refractivity contribution is 5.47. The number of aromatic nitrogens is 1. The van der Waals surface area contributed by atoms with Crippen molar-refractivity contribution in [3.63, 3.8) is 0 Å². The van der Waals surface area contributed by atoms with Crippen LogP contribution in [0.4, 0.5) is 10.1 Å². The highest BCUT2D eigenvalue weighted by Gasteiger charge is 2.06. The number of nitrogens with two attached hydrogens (primary N) is 1. The summed E-state index contributed by atoms with van der Waals surface area (Å²) in [6, 6.07) is 9.16. The molecule has 1 aromatic heterocycles. The maximum atomic E-state index is 13.7. The number of halogens is 1. The first-order valence-electron chi connectivity index (χ1n) is 6.29. The molecule has 0 amide bonds. The Morgan fingerprint density at radius 1 is 1.21 bits per heavy atom. The van der Waals surface area contributed by atoms with E-state index in [4.69, 9.17) is 5.73 Å².